The molecule has 7 nitrogen and oxygen atoms in total. The molecule has 0 fully saturated rings. The Labute approximate surface area is 191 Å². The van der Waals surface area contributed by atoms with Crippen LogP contribution >= 0.6 is 0 Å². The zero-order valence-corrected chi connectivity index (χ0v) is 18.4. The smallest absolute Gasteiger partial charge is 0.269 e. The van der Waals surface area contributed by atoms with Crippen molar-refractivity contribution < 1.29 is 14.6 Å². The van der Waals surface area contributed by atoms with Crippen molar-refractivity contribution in [1.82, 2.24) is 0 Å². The molecular formula is C26H24N2O5. The van der Waals surface area contributed by atoms with Crippen LogP contribution in [0, 0.1) is 34.1 Å². The number of aryl methyl sites for hydroxylation is 2. The second-order valence-electron chi connectivity index (χ2n) is 8.38. The number of hydrogen-bond acceptors (Lipinski definition) is 5. The highest BCUT2D eigenvalue weighted by atomic mass is 16.6. The highest BCUT2D eigenvalue weighted by Gasteiger charge is 2.45. The molecule has 0 spiro atoms. The summed E-state index contributed by atoms with van der Waals surface area (Å²) in [6.07, 6.45) is 10.0. The van der Waals surface area contributed by atoms with E-state index in [0.717, 1.165) is 11.1 Å². The van der Waals surface area contributed by atoms with Crippen molar-refractivity contribution in [3.63, 3.8) is 0 Å². The molecule has 2 unspecified atom stereocenters. The van der Waals surface area contributed by atoms with Crippen LogP contribution in [0.4, 0.5) is 0 Å². The molecule has 2 aliphatic rings. The maximum Gasteiger partial charge on any atom is 0.269 e. The van der Waals surface area contributed by atoms with Gasteiger partial charge in [-0.25, -0.2) is 0 Å². The van der Waals surface area contributed by atoms with Gasteiger partial charge in [0.15, 0.2) is 0 Å². The summed E-state index contributed by atoms with van der Waals surface area (Å²) in [6.45, 7) is 3.72. The second kappa shape index (κ2) is 8.50. The highest BCUT2D eigenvalue weighted by Crippen LogP contribution is 2.39. The summed E-state index contributed by atoms with van der Waals surface area (Å²) < 4.78 is 5.91. The van der Waals surface area contributed by atoms with E-state index >= 15 is 0 Å². The van der Waals surface area contributed by atoms with Crippen LogP contribution in [0.25, 0.3) is 0 Å². The van der Waals surface area contributed by atoms with Crippen LogP contribution in [0.3, 0.4) is 0 Å². The summed E-state index contributed by atoms with van der Waals surface area (Å²) in [6, 6.07) is 14.6. The number of nitro groups is 2. The van der Waals surface area contributed by atoms with E-state index in [1.807, 2.05) is 38.1 Å². The number of nitrogens with zero attached hydrogens (tertiary/aromatic N) is 2. The molecule has 0 aliphatic heterocycles. The van der Waals surface area contributed by atoms with Crippen molar-refractivity contribution in [3.05, 3.63) is 139 Å². The van der Waals surface area contributed by atoms with Gasteiger partial charge in [-0.15, -0.1) is 0 Å². The molecule has 0 N–H and O–H groups in total. The number of ether oxygens (including phenoxy) is 1. The third kappa shape index (κ3) is 3.86. The first-order chi connectivity index (χ1) is 15.8. The lowest BCUT2D eigenvalue weighted by molar-refractivity contribution is -0.563. The molecule has 0 aromatic heterocycles. The van der Waals surface area contributed by atoms with Gasteiger partial charge in [-0.1, -0.05) is 48.5 Å². The van der Waals surface area contributed by atoms with Crippen LogP contribution in [-0.4, -0.2) is 9.85 Å². The van der Waals surface area contributed by atoms with Crippen LogP contribution in [0.5, 0.6) is 0 Å². The van der Waals surface area contributed by atoms with E-state index in [1.165, 1.54) is 0 Å². The topological polar surface area (TPSA) is 95.5 Å². The van der Waals surface area contributed by atoms with Gasteiger partial charge < -0.3 is 4.74 Å². The summed E-state index contributed by atoms with van der Waals surface area (Å²) >= 11 is 0. The van der Waals surface area contributed by atoms with Crippen LogP contribution < -0.4 is 0 Å². The minimum Gasteiger partial charge on any atom is -0.458 e. The van der Waals surface area contributed by atoms with Gasteiger partial charge in [-0.3, -0.25) is 20.2 Å². The van der Waals surface area contributed by atoms with Crippen molar-refractivity contribution in [1.29, 1.82) is 0 Å². The van der Waals surface area contributed by atoms with E-state index in [-0.39, 0.29) is 22.7 Å². The van der Waals surface area contributed by atoms with Crippen molar-refractivity contribution in [2.24, 2.45) is 0 Å². The molecule has 0 heterocycles. The first kappa shape index (κ1) is 22.2. The maximum absolute atomic E-state index is 12.0. The Hall–Kier alpha value is -4.00. The normalized spacial score (nSPS) is 24.1. The molecule has 0 saturated heterocycles. The first-order valence-electron chi connectivity index (χ1n) is 10.7. The van der Waals surface area contributed by atoms with Gasteiger partial charge >= 0.3 is 0 Å². The Bertz CT molecular complexity index is 1150. The average Bonchev–Trinajstić information content (AvgIpc) is 2.81. The summed E-state index contributed by atoms with van der Waals surface area (Å²) in [5.74, 6) is 0.947. The quantitative estimate of drug-likeness (QED) is 0.424. The molecule has 0 radical (unpaired) electrons. The number of benzene rings is 2. The summed E-state index contributed by atoms with van der Waals surface area (Å²) in [4.78, 5) is 23.5. The Morgan fingerprint density at radius 2 is 1.12 bits per heavy atom. The summed E-state index contributed by atoms with van der Waals surface area (Å²) in [5.41, 5.74) is 0.296. The lowest BCUT2D eigenvalue weighted by Gasteiger charge is -2.27. The Morgan fingerprint density at radius 3 is 1.42 bits per heavy atom. The fraction of sp³-hybridized carbons (Fsp3) is 0.231. The molecule has 2 atom stereocenters. The van der Waals surface area contributed by atoms with Gasteiger partial charge in [0.2, 0.25) is 0 Å². The molecule has 33 heavy (non-hydrogen) atoms. The van der Waals surface area contributed by atoms with Gasteiger partial charge in [0.25, 0.3) is 11.1 Å². The Morgan fingerprint density at radius 1 is 0.727 bits per heavy atom. The van der Waals surface area contributed by atoms with Crippen molar-refractivity contribution in [2.45, 2.75) is 37.8 Å². The van der Waals surface area contributed by atoms with Crippen LogP contribution in [0.1, 0.15) is 35.1 Å². The predicted octanol–water partition coefficient (Wildman–Crippen LogP) is 5.65. The average molecular weight is 444 g/mol. The van der Waals surface area contributed by atoms with E-state index in [2.05, 4.69) is 0 Å². The molecule has 4 rings (SSSR count). The van der Waals surface area contributed by atoms with E-state index < -0.39 is 11.1 Å². The number of allylic oxidation sites excluding steroid dienone is 2. The van der Waals surface area contributed by atoms with Gasteiger partial charge in [0, 0.05) is 46.0 Å². The SMILES string of the molecule is Cc1ccccc1C1([N+](=O)[O-])C=CC(OC2=CCC(c3ccccc3C)([N+](=O)[O-])C=C2)=CC1. The standard InChI is InChI=1S/C26H24N2O5/c1-19-7-3-5-9-23(19)25(27(29)30)15-11-21(12-16-25)33-22-13-17-26(18-14-22,28(31)32)24-10-6-4-8-20(24)2/h3-15,17H,16,18H2,1-2H3. The van der Waals surface area contributed by atoms with Gasteiger partial charge in [-0.05, 0) is 49.3 Å². The molecule has 2 aromatic rings. The lowest BCUT2D eigenvalue weighted by atomic mass is 9.81. The minimum absolute atomic E-state index is 0.149. The maximum atomic E-state index is 12.0. The highest BCUT2D eigenvalue weighted by molar-refractivity contribution is 5.41. The molecule has 0 amide bonds. The van der Waals surface area contributed by atoms with E-state index in [1.54, 1.807) is 60.7 Å². The van der Waals surface area contributed by atoms with Crippen molar-refractivity contribution in [3.8, 4) is 0 Å². The lowest BCUT2D eigenvalue weighted by Crippen LogP contribution is -2.35. The molecule has 168 valence electrons. The molecular weight excluding hydrogens is 420 g/mol. The fourth-order valence-electron chi connectivity index (χ4n) is 4.50. The van der Waals surface area contributed by atoms with E-state index in [4.69, 9.17) is 4.74 Å². The molecule has 7 heteroatoms. The van der Waals surface area contributed by atoms with Gasteiger partial charge in [0.05, 0.1) is 0 Å². The molecule has 0 saturated carbocycles. The number of hydrogen-bond donors (Lipinski definition) is 0. The Kier molecular flexibility index (Phi) is 5.72. The van der Waals surface area contributed by atoms with Gasteiger partial charge in [0.1, 0.15) is 11.5 Å². The molecule has 0 bridgehead atoms. The minimum atomic E-state index is -1.35. The Balaban J connectivity index is 1.54. The van der Waals surface area contributed by atoms with Crippen molar-refractivity contribution in [2.75, 3.05) is 0 Å². The van der Waals surface area contributed by atoms with E-state index in [9.17, 15) is 20.2 Å². The monoisotopic (exact) mass is 444 g/mol. The van der Waals surface area contributed by atoms with Crippen molar-refractivity contribution >= 4 is 0 Å². The zero-order chi connectivity index (χ0) is 23.6. The zero-order valence-electron chi connectivity index (χ0n) is 18.4. The van der Waals surface area contributed by atoms with Crippen LogP contribution in [-0.2, 0) is 15.8 Å². The summed E-state index contributed by atoms with van der Waals surface area (Å²) in [7, 11) is 0. The molecule has 2 aromatic carbocycles. The number of rotatable bonds is 6. The largest absolute Gasteiger partial charge is 0.458 e. The molecule has 2 aliphatic carbocycles. The van der Waals surface area contributed by atoms with Crippen LogP contribution in [0.15, 0.2) is 96.5 Å². The summed E-state index contributed by atoms with van der Waals surface area (Å²) in [5, 5.41) is 24.0. The predicted molar refractivity (Wildman–Crippen MR) is 124 cm³/mol. The first-order valence-corrected chi connectivity index (χ1v) is 10.7. The third-order valence-electron chi connectivity index (χ3n) is 6.39. The van der Waals surface area contributed by atoms with Gasteiger partial charge in [-0.2, -0.15) is 0 Å². The van der Waals surface area contributed by atoms with Crippen LogP contribution in [0.2, 0.25) is 0 Å². The van der Waals surface area contributed by atoms with E-state index in [0.29, 0.717) is 22.6 Å². The third-order valence-corrected chi connectivity index (χ3v) is 6.39. The second-order valence-corrected chi connectivity index (χ2v) is 8.38. The fourth-order valence-corrected chi connectivity index (χ4v) is 4.50.